The molecule has 3 aromatic carbocycles. The maximum Gasteiger partial charge on any atom is 0.0183 e. The number of benzene rings is 3. The molecule has 1 aliphatic carbocycles. The van der Waals surface area contributed by atoms with Crippen LogP contribution in [0.3, 0.4) is 0 Å². The summed E-state index contributed by atoms with van der Waals surface area (Å²) in [5.74, 6) is 0. The van der Waals surface area contributed by atoms with E-state index in [-0.39, 0.29) is 0 Å². The third kappa shape index (κ3) is 6.92. The van der Waals surface area contributed by atoms with E-state index < -0.39 is 7.92 Å². The molecule has 1 nitrogen and oxygen atoms in total. The van der Waals surface area contributed by atoms with Crippen LogP contribution in [0.2, 0.25) is 0 Å². The summed E-state index contributed by atoms with van der Waals surface area (Å²) in [6.45, 7) is 20.7. The molecule has 3 aliphatic rings. The number of hydrogen-bond donors (Lipinski definition) is 1. The standard InChI is InChI=1S/C43H40NP.C2H6/c1-6-8-12-29(3)30(4)26-41-31(5)25-38-21-22-39(35-17-15-34(16-18-35)32(7-2)23-24-44)40-27-37-20-19-36(33-13-10-9-11-14-33)28-42(37)45(41)43(38)40;1-2/h6-15,17,19-24,26,28,44H,1-3,16,18,25,27H2,4-5H3;1-2H3/b12-8-,30-26+,32-23+,44-24?;. The molecule has 0 saturated heterocycles. The second-order valence-corrected chi connectivity index (χ2v) is 14.1. The fourth-order valence-corrected chi connectivity index (χ4v) is 9.89. The molecule has 0 spiro atoms. The molecule has 0 radical (unpaired) electrons. The highest BCUT2D eigenvalue weighted by Gasteiger charge is 2.35. The van der Waals surface area contributed by atoms with Crippen LogP contribution in [-0.4, -0.2) is 6.21 Å². The number of nitrogens with one attached hydrogen (secondary N) is 1. The first-order chi connectivity index (χ1) is 22.9. The molecule has 1 N–H and O–H groups in total. The molecule has 0 fully saturated rings. The summed E-state index contributed by atoms with van der Waals surface area (Å²) in [6, 6.07) is 22.7. The van der Waals surface area contributed by atoms with Crippen LogP contribution in [0.1, 0.15) is 62.8 Å². The Hall–Kier alpha value is -4.58. The molecular weight excluding hydrogens is 585 g/mol. The molecule has 0 bridgehead atoms. The van der Waals surface area contributed by atoms with Crippen LogP contribution >= 0.6 is 7.92 Å². The first kappa shape index (κ1) is 33.8. The third-order valence-electron chi connectivity index (χ3n) is 9.17. The highest BCUT2D eigenvalue weighted by atomic mass is 31.1. The molecule has 2 aliphatic heterocycles. The topological polar surface area (TPSA) is 23.9 Å². The largest absolute Gasteiger partial charge is 0.309 e. The summed E-state index contributed by atoms with van der Waals surface area (Å²) in [7, 11) is -0.751. The summed E-state index contributed by atoms with van der Waals surface area (Å²) in [6.07, 6.45) is 21.7. The van der Waals surface area contributed by atoms with Gasteiger partial charge in [-0.25, -0.2) is 0 Å². The number of fused-ring (bicyclic) bond motifs is 2. The van der Waals surface area contributed by atoms with E-state index in [2.05, 4.69) is 119 Å². The predicted molar refractivity (Wildman–Crippen MR) is 210 cm³/mol. The minimum Gasteiger partial charge on any atom is -0.309 e. The van der Waals surface area contributed by atoms with E-state index in [1.54, 1.807) is 11.4 Å². The zero-order valence-corrected chi connectivity index (χ0v) is 29.3. The lowest BCUT2D eigenvalue weighted by Crippen LogP contribution is -2.32. The maximum absolute atomic E-state index is 7.53. The van der Waals surface area contributed by atoms with E-state index in [1.807, 2.05) is 32.1 Å². The number of allylic oxidation sites excluding steroid dienone is 15. The summed E-state index contributed by atoms with van der Waals surface area (Å²) in [5, 5.41) is 12.0. The van der Waals surface area contributed by atoms with Gasteiger partial charge in [-0.1, -0.05) is 136 Å². The fraction of sp³-hybridized carbons (Fsp3) is 0.178. The lowest BCUT2D eigenvalue weighted by molar-refractivity contribution is 0.989. The minimum absolute atomic E-state index is 0.751. The molecule has 6 rings (SSSR count). The maximum atomic E-state index is 7.53. The van der Waals surface area contributed by atoms with E-state index in [4.69, 9.17) is 5.41 Å². The molecule has 2 heterocycles. The van der Waals surface area contributed by atoms with E-state index in [9.17, 15) is 0 Å². The first-order valence-electron chi connectivity index (χ1n) is 16.7. The van der Waals surface area contributed by atoms with Crippen LogP contribution in [-0.2, 0) is 12.8 Å². The SMILES string of the molecule is C=C/C=C\C(=C)/C(C)=C/C1=C(C)Cc2ccc(C3=CC=C(/C(C=C)=C/C=N)CC3)c3c2P1c1cc(-c2ccccc2)ccc1C3.CC. The van der Waals surface area contributed by atoms with Crippen molar-refractivity contribution in [1.29, 1.82) is 5.41 Å². The van der Waals surface area contributed by atoms with E-state index in [0.717, 1.165) is 36.8 Å². The lowest BCUT2D eigenvalue weighted by atomic mass is 9.85. The molecule has 0 saturated carbocycles. The molecular formula is C45H46NP. The van der Waals surface area contributed by atoms with Crippen LogP contribution in [0.5, 0.6) is 0 Å². The molecule has 2 heteroatoms. The van der Waals surface area contributed by atoms with Gasteiger partial charge < -0.3 is 5.41 Å². The van der Waals surface area contributed by atoms with E-state index in [1.165, 1.54) is 72.5 Å². The van der Waals surface area contributed by atoms with Gasteiger partial charge in [0, 0.05) is 6.21 Å². The summed E-state index contributed by atoms with van der Waals surface area (Å²) in [4.78, 5) is 0. The van der Waals surface area contributed by atoms with Crippen molar-refractivity contribution < 1.29 is 0 Å². The lowest BCUT2D eigenvalue weighted by Gasteiger charge is -2.38. The van der Waals surface area contributed by atoms with Gasteiger partial charge in [-0.2, -0.15) is 0 Å². The second-order valence-electron chi connectivity index (χ2n) is 12.0. The van der Waals surface area contributed by atoms with Crippen LogP contribution in [0.4, 0.5) is 0 Å². The van der Waals surface area contributed by atoms with Gasteiger partial charge in [0.2, 0.25) is 0 Å². The number of rotatable bonds is 9. The smallest absolute Gasteiger partial charge is 0.0183 e. The monoisotopic (exact) mass is 631 g/mol. The van der Waals surface area contributed by atoms with Gasteiger partial charge in [-0.3, -0.25) is 0 Å². The zero-order chi connectivity index (χ0) is 33.5. The van der Waals surface area contributed by atoms with Crippen molar-refractivity contribution in [2.75, 3.05) is 0 Å². The van der Waals surface area contributed by atoms with Gasteiger partial charge in [0.15, 0.2) is 0 Å². The fourth-order valence-electron chi connectivity index (χ4n) is 6.75. The van der Waals surface area contributed by atoms with Crippen molar-refractivity contribution in [3.05, 3.63) is 184 Å². The van der Waals surface area contributed by atoms with Crippen molar-refractivity contribution in [2.24, 2.45) is 0 Å². The molecule has 1 unspecified atom stereocenters. The van der Waals surface area contributed by atoms with Crippen molar-refractivity contribution in [3.63, 3.8) is 0 Å². The molecule has 3 aromatic rings. The Labute approximate surface area is 283 Å². The molecule has 1 atom stereocenters. The Bertz CT molecular complexity index is 1920. The third-order valence-corrected chi connectivity index (χ3v) is 12.1. The summed E-state index contributed by atoms with van der Waals surface area (Å²) >= 11 is 0. The quantitative estimate of drug-likeness (QED) is 0.138. The molecule has 47 heavy (non-hydrogen) atoms. The highest BCUT2D eigenvalue weighted by molar-refractivity contribution is 7.77. The highest BCUT2D eigenvalue weighted by Crippen LogP contribution is 2.55. The Balaban J connectivity index is 0.00000213. The van der Waals surface area contributed by atoms with E-state index in [0.29, 0.717) is 0 Å². The Morgan fingerprint density at radius 3 is 2.34 bits per heavy atom. The minimum atomic E-state index is -0.751. The van der Waals surface area contributed by atoms with Gasteiger partial charge in [0.25, 0.3) is 0 Å². The molecule has 236 valence electrons. The van der Waals surface area contributed by atoms with Crippen molar-refractivity contribution in [1.82, 2.24) is 0 Å². The molecule has 0 aromatic heterocycles. The molecule has 0 amide bonds. The van der Waals surface area contributed by atoms with Gasteiger partial charge >= 0.3 is 0 Å². The van der Waals surface area contributed by atoms with Crippen LogP contribution < -0.4 is 10.6 Å². The van der Waals surface area contributed by atoms with Gasteiger partial charge in [-0.15, -0.1) is 0 Å². The van der Waals surface area contributed by atoms with Crippen LogP contribution in [0.15, 0.2) is 162 Å². The van der Waals surface area contributed by atoms with Gasteiger partial charge in [0.05, 0.1) is 0 Å². The van der Waals surface area contributed by atoms with Crippen LogP contribution in [0.25, 0.3) is 16.7 Å². The van der Waals surface area contributed by atoms with Crippen molar-refractivity contribution in [3.8, 4) is 11.1 Å². The first-order valence-corrected chi connectivity index (χ1v) is 18.0. The average molecular weight is 632 g/mol. The van der Waals surface area contributed by atoms with Gasteiger partial charge in [-0.05, 0) is 137 Å². The summed E-state index contributed by atoms with van der Waals surface area (Å²) in [5.41, 5.74) is 15.7. The predicted octanol–water partition coefficient (Wildman–Crippen LogP) is 11.7. The van der Waals surface area contributed by atoms with E-state index >= 15 is 0 Å². The van der Waals surface area contributed by atoms with Gasteiger partial charge in [0.1, 0.15) is 0 Å². The van der Waals surface area contributed by atoms with Crippen molar-refractivity contribution >= 4 is 30.3 Å². The normalized spacial score (nSPS) is 17.1. The average Bonchev–Trinajstić information content (AvgIpc) is 3.12. The van der Waals surface area contributed by atoms with Crippen molar-refractivity contribution in [2.45, 2.75) is 53.4 Å². The number of hydrogen-bond acceptors (Lipinski definition) is 1. The second kappa shape index (κ2) is 15.3. The Morgan fingerprint density at radius 2 is 1.66 bits per heavy atom. The van der Waals surface area contributed by atoms with Crippen LogP contribution in [0, 0.1) is 5.41 Å². The Morgan fingerprint density at radius 1 is 0.894 bits per heavy atom. The summed E-state index contributed by atoms with van der Waals surface area (Å²) < 4.78 is 0. The zero-order valence-electron chi connectivity index (χ0n) is 28.4. The Kier molecular flexibility index (Phi) is 11.0.